The van der Waals surface area contributed by atoms with Gasteiger partial charge in [-0.3, -0.25) is 4.79 Å². The van der Waals surface area contributed by atoms with Crippen LogP contribution < -0.4 is 9.64 Å². The van der Waals surface area contributed by atoms with E-state index in [2.05, 4.69) is 22.1 Å². The van der Waals surface area contributed by atoms with Crippen molar-refractivity contribution >= 4 is 17.6 Å². The molecule has 2 saturated carbocycles. The SMILES string of the molecule is COC1CCC(N(C(=O)C2CCC(C)CC2)c2cc(F)c(Oc3ncc(Cn4nccn4)cc3C(F)(F)F)cc2C(=O)O)CC1. The zero-order chi connectivity index (χ0) is 32.3. The van der Waals surface area contributed by atoms with Gasteiger partial charge in [0, 0.05) is 37.4 Å². The highest BCUT2D eigenvalue weighted by Gasteiger charge is 2.39. The quantitative estimate of drug-likeness (QED) is 0.266. The van der Waals surface area contributed by atoms with Crippen LogP contribution in [0.15, 0.2) is 36.8 Å². The number of ether oxygens (including phenoxy) is 2. The lowest BCUT2D eigenvalue weighted by molar-refractivity contribution is -0.139. The Hall–Kier alpha value is -4.07. The third-order valence-electron chi connectivity index (χ3n) is 8.70. The first kappa shape index (κ1) is 32.3. The molecule has 0 atom stereocenters. The fourth-order valence-corrected chi connectivity index (χ4v) is 6.19. The third kappa shape index (κ3) is 7.43. The molecule has 1 N–H and O–H groups in total. The minimum absolute atomic E-state index is 0.00212. The Kier molecular flexibility index (Phi) is 9.70. The van der Waals surface area contributed by atoms with Crippen LogP contribution in [-0.2, 0) is 22.3 Å². The highest BCUT2D eigenvalue weighted by molar-refractivity contribution is 6.03. The van der Waals surface area contributed by atoms with Crippen LogP contribution in [0.4, 0.5) is 23.2 Å². The molecule has 242 valence electrons. The van der Waals surface area contributed by atoms with E-state index in [0.717, 1.165) is 42.0 Å². The molecule has 2 aliphatic carbocycles. The van der Waals surface area contributed by atoms with Crippen molar-refractivity contribution < 1.29 is 41.7 Å². The first-order chi connectivity index (χ1) is 21.4. The molecule has 5 rings (SSSR count). The molecule has 0 unspecified atom stereocenters. The summed E-state index contributed by atoms with van der Waals surface area (Å²) in [4.78, 5) is 32.9. The molecule has 14 heteroatoms. The molecule has 45 heavy (non-hydrogen) atoms. The highest BCUT2D eigenvalue weighted by atomic mass is 19.4. The lowest BCUT2D eigenvalue weighted by atomic mass is 9.81. The van der Waals surface area contributed by atoms with Crippen molar-refractivity contribution in [2.45, 2.75) is 83.2 Å². The van der Waals surface area contributed by atoms with Crippen molar-refractivity contribution in [3.05, 3.63) is 59.3 Å². The minimum atomic E-state index is -4.93. The molecule has 2 fully saturated rings. The van der Waals surface area contributed by atoms with Crippen molar-refractivity contribution in [1.29, 1.82) is 0 Å². The summed E-state index contributed by atoms with van der Waals surface area (Å²) in [7, 11) is 1.61. The summed E-state index contributed by atoms with van der Waals surface area (Å²) in [6, 6.07) is 2.08. The number of carboxylic acids is 1. The van der Waals surface area contributed by atoms with Crippen LogP contribution in [0.25, 0.3) is 0 Å². The monoisotopic (exact) mass is 633 g/mol. The number of carboxylic acid groups (broad SMARTS) is 1. The number of aromatic nitrogens is 4. The Labute approximate surface area is 257 Å². The summed E-state index contributed by atoms with van der Waals surface area (Å²) in [5.74, 6) is -4.49. The van der Waals surface area contributed by atoms with Gasteiger partial charge in [0.25, 0.3) is 0 Å². The van der Waals surface area contributed by atoms with E-state index in [4.69, 9.17) is 9.47 Å². The normalized spacial score (nSPS) is 22.2. The lowest BCUT2D eigenvalue weighted by Crippen LogP contribution is -2.47. The van der Waals surface area contributed by atoms with Gasteiger partial charge in [-0.2, -0.15) is 28.2 Å². The number of alkyl halides is 3. The number of benzene rings is 1. The summed E-state index contributed by atoms with van der Waals surface area (Å²) in [6.45, 7) is 2.01. The van der Waals surface area contributed by atoms with Crippen molar-refractivity contribution in [2.24, 2.45) is 11.8 Å². The van der Waals surface area contributed by atoms with Gasteiger partial charge in [0.1, 0.15) is 5.56 Å². The molecule has 3 aromatic rings. The van der Waals surface area contributed by atoms with Crippen molar-refractivity contribution in [1.82, 2.24) is 20.0 Å². The second kappa shape index (κ2) is 13.5. The summed E-state index contributed by atoms with van der Waals surface area (Å²) in [6.07, 6.45) is 4.20. The van der Waals surface area contributed by atoms with E-state index in [1.165, 1.54) is 17.3 Å². The van der Waals surface area contributed by atoms with Gasteiger partial charge in [0.2, 0.25) is 11.8 Å². The van der Waals surface area contributed by atoms with Crippen LogP contribution in [0.2, 0.25) is 0 Å². The Morgan fingerprint density at radius 2 is 1.69 bits per heavy atom. The van der Waals surface area contributed by atoms with Gasteiger partial charge in [-0.15, -0.1) is 0 Å². The Morgan fingerprint density at radius 3 is 2.29 bits per heavy atom. The van der Waals surface area contributed by atoms with Gasteiger partial charge >= 0.3 is 12.1 Å². The van der Waals surface area contributed by atoms with Crippen LogP contribution in [0.3, 0.4) is 0 Å². The van der Waals surface area contributed by atoms with Gasteiger partial charge in [-0.25, -0.2) is 14.2 Å². The molecule has 10 nitrogen and oxygen atoms in total. The Bertz CT molecular complexity index is 1500. The van der Waals surface area contributed by atoms with E-state index in [9.17, 15) is 27.9 Å². The van der Waals surface area contributed by atoms with Crippen molar-refractivity contribution in [2.75, 3.05) is 12.0 Å². The van der Waals surface area contributed by atoms with Crippen LogP contribution in [0.1, 0.15) is 79.8 Å². The Morgan fingerprint density at radius 1 is 1.02 bits per heavy atom. The number of pyridine rings is 1. The minimum Gasteiger partial charge on any atom is -0.478 e. The fourth-order valence-electron chi connectivity index (χ4n) is 6.19. The smallest absolute Gasteiger partial charge is 0.421 e. The van der Waals surface area contributed by atoms with E-state index < -0.39 is 46.8 Å². The predicted molar refractivity (Wildman–Crippen MR) is 153 cm³/mol. The number of methoxy groups -OCH3 is 1. The maximum Gasteiger partial charge on any atom is 0.421 e. The van der Waals surface area contributed by atoms with Crippen LogP contribution in [-0.4, -0.2) is 56.2 Å². The molecule has 0 spiro atoms. The van der Waals surface area contributed by atoms with Gasteiger partial charge in [-0.05, 0) is 68.9 Å². The molecular weight excluding hydrogens is 598 g/mol. The zero-order valence-corrected chi connectivity index (χ0v) is 25.0. The second-order valence-corrected chi connectivity index (χ2v) is 11.8. The van der Waals surface area contributed by atoms with Gasteiger partial charge in [0.05, 0.1) is 36.3 Å². The van der Waals surface area contributed by atoms with E-state index in [-0.39, 0.29) is 35.7 Å². The molecule has 0 radical (unpaired) electrons. The second-order valence-electron chi connectivity index (χ2n) is 11.8. The molecule has 1 aromatic carbocycles. The number of amides is 1. The number of anilines is 1. The van der Waals surface area contributed by atoms with E-state index in [0.29, 0.717) is 44.4 Å². The van der Waals surface area contributed by atoms with Gasteiger partial charge in [0.15, 0.2) is 11.6 Å². The number of rotatable bonds is 9. The maximum absolute atomic E-state index is 15.7. The van der Waals surface area contributed by atoms with Gasteiger partial charge in [-0.1, -0.05) is 6.92 Å². The average Bonchev–Trinajstić information content (AvgIpc) is 3.52. The van der Waals surface area contributed by atoms with Crippen LogP contribution in [0, 0.1) is 17.7 Å². The number of hydrogen-bond acceptors (Lipinski definition) is 7. The van der Waals surface area contributed by atoms with Crippen LogP contribution in [0.5, 0.6) is 11.6 Å². The molecule has 2 heterocycles. The Balaban J connectivity index is 1.51. The summed E-state index contributed by atoms with van der Waals surface area (Å²) in [5, 5.41) is 17.9. The average molecular weight is 634 g/mol. The standard InChI is InChI=1S/C31H35F4N5O5/c1-18-3-5-20(6-4-18)29(41)40(21-7-9-22(44-2)10-8-21)26-15-25(32)27(14-23(26)30(42)43)45-28-24(31(33,34)35)13-19(16-36-28)17-39-37-11-12-38-39/h11-16,18,20-22H,3-10,17H2,1-2H3,(H,42,43). The fraction of sp³-hybridized carbons (Fsp3) is 0.516. The third-order valence-corrected chi connectivity index (χ3v) is 8.70. The van der Waals surface area contributed by atoms with Crippen molar-refractivity contribution in [3.63, 3.8) is 0 Å². The molecule has 1 amide bonds. The number of halogens is 4. The molecule has 2 aromatic heterocycles. The number of carbonyl (C=O) groups excluding carboxylic acids is 1. The van der Waals surface area contributed by atoms with E-state index >= 15 is 4.39 Å². The first-order valence-corrected chi connectivity index (χ1v) is 14.9. The van der Waals surface area contributed by atoms with E-state index in [1.54, 1.807) is 7.11 Å². The largest absolute Gasteiger partial charge is 0.478 e. The zero-order valence-electron chi connectivity index (χ0n) is 25.0. The van der Waals surface area contributed by atoms with Crippen LogP contribution >= 0.6 is 0 Å². The topological polar surface area (TPSA) is 120 Å². The first-order valence-electron chi connectivity index (χ1n) is 14.9. The number of nitrogens with zero attached hydrogens (tertiary/aromatic N) is 5. The molecule has 0 aliphatic heterocycles. The lowest BCUT2D eigenvalue weighted by Gasteiger charge is -2.40. The summed E-state index contributed by atoms with van der Waals surface area (Å²) in [5.41, 5.74) is -1.79. The molecule has 0 saturated heterocycles. The number of carbonyl (C=O) groups is 2. The summed E-state index contributed by atoms with van der Waals surface area (Å²) >= 11 is 0. The number of aromatic carboxylic acids is 1. The predicted octanol–water partition coefficient (Wildman–Crippen LogP) is 6.49. The summed E-state index contributed by atoms with van der Waals surface area (Å²) < 4.78 is 68.6. The molecular formula is C31H35F4N5O5. The highest BCUT2D eigenvalue weighted by Crippen LogP contribution is 2.41. The number of hydrogen-bond donors (Lipinski definition) is 1. The molecule has 0 bridgehead atoms. The van der Waals surface area contributed by atoms with Crippen molar-refractivity contribution in [3.8, 4) is 11.6 Å². The molecule has 2 aliphatic rings. The van der Waals surface area contributed by atoms with Gasteiger partial charge < -0.3 is 19.5 Å². The van der Waals surface area contributed by atoms with E-state index in [1.807, 2.05) is 0 Å². The maximum atomic E-state index is 15.7.